The fourth-order valence-corrected chi connectivity index (χ4v) is 3.13. The summed E-state index contributed by atoms with van der Waals surface area (Å²) in [6.07, 6.45) is 5.22. The van der Waals surface area contributed by atoms with E-state index in [1.165, 1.54) is 32.2 Å². The molecule has 17 heavy (non-hydrogen) atoms. The molecule has 0 aliphatic carbocycles. The summed E-state index contributed by atoms with van der Waals surface area (Å²) in [5, 5.41) is 3.61. The van der Waals surface area contributed by atoms with Gasteiger partial charge >= 0.3 is 0 Å². The van der Waals surface area contributed by atoms with Crippen LogP contribution < -0.4 is 11.1 Å². The Morgan fingerprint density at radius 3 is 2.65 bits per heavy atom. The second-order valence-corrected chi connectivity index (χ2v) is 5.64. The number of nitrogens with one attached hydrogen (secondary N) is 1. The first-order chi connectivity index (χ1) is 8.16. The molecule has 0 aromatic rings. The van der Waals surface area contributed by atoms with Gasteiger partial charge in [0.2, 0.25) is 5.91 Å². The van der Waals surface area contributed by atoms with E-state index in [1.807, 2.05) is 6.92 Å². The summed E-state index contributed by atoms with van der Waals surface area (Å²) in [4.78, 5) is 13.4. The van der Waals surface area contributed by atoms with Crippen molar-refractivity contribution in [3.63, 3.8) is 0 Å². The fraction of sp³-hybridized carbons (Fsp3) is 0.923. The highest BCUT2D eigenvalue weighted by Crippen LogP contribution is 2.25. The van der Waals surface area contributed by atoms with E-state index in [4.69, 9.17) is 5.73 Å². The number of carbonyl (C=O) groups excluding carboxylic acids is 1. The molecule has 2 aliphatic heterocycles. The van der Waals surface area contributed by atoms with Gasteiger partial charge in [0.1, 0.15) is 0 Å². The fourth-order valence-electron chi connectivity index (χ4n) is 3.13. The maximum atomic E-state index is 11.0. The van der Waals surface area contributed by atoms with E-state index in [9.17, 15) is 4.79 Å². The third-order valence-electron chi connectivity index (χ3n) is 4.32. The van der Waals surface area contributed by atoms with Gasteiger partial charge in [0, 0.05) is 18.5 Å². The summed E-state index contributed by atoms with van der Waals surface area (Å²) in [6.45, 7) is 6.21. The molecule has 4 heteroatoms. The molecule has 2 heterocycles. The zero-order chi connectivity index (χ0) is 12.3. The Labute approximate surface area is 104 Å². The van der Waals surface area contributed by atoms with Crippen LogP contribution in [-0.4, -0.2) is 43.0 Å². The monoisotopic (exact) mass is 239 g/mol. The van der Waals surface area contributed by atoms with Crippen molar-refractivity contribution in [1.29, 1.82) is 0 Å². The van der Waals surface area contributed by atoms with Crippen LogP contribution in [0.15, 0.2) is 0 Å². The normalized spacial score (nSPS) is 29.4. The highest BCUT2D eigenvalue weighted by atomic mass is 16.1. The molecule has 4 nitrogen and oxygen atoms in total. The lowest BCUT2D eigenvalue weighted by Crippen LogP contribution is -2.43. The van der Waals surface area contributed by atoms with Gasteiger partial charge in [-0.25, -0.2) is 0 Å². The van der Waals surface area contributed by atoms with E-state index >= 15 is 0 Å². The van der Waals surface area contributed by atoms with Crippen LogP contribution in [-0.2, 0) is 4.79 Å². The molecule has 0 aromatic carbocycles. The van der Waals surface area contributed by atoms with Crippen LogP contribution in [0, 0.1) is 11.8 Å². The number of piperidine rings is 1. The molecule has 1 amide bonds. The molecule has 2 saturated heterocycles. The predicted octanol–water partition coefficient (Wildman–Crippen LogP) is 0.572. The number of rotatable bonds is 4. The molecule has 2 aliphatic rings. The Bertz CT molecular complexity index is 255. The lowest BCUT2D eigenvalue weighted by atomic mass is 9.88. The number of hydrogen-bond acceptors (Lipinski definition) is 3. The SMILES string of the molecule is CC(CN1CCC(C2CCCN2)CC1)C(N)=O. The third kappa shape index (κ3) is 3.42. The van der Waals surface area contributed by atoms with Crippen molar-refractivity contribution in [2.75, 3.05) is 26.2 Å². The van der Waals surface area contributed by atoms with Crippen molar-refractivity contribution in [3.05, 3.63) is 0 Å². The van der Waals surface area contributed by atoms with Crippen LogP contribution >= 0.6 is 0 Å². The molecule has 2 fully saturated rings. The first-order valence-electron chi connectivity index (χ1n) is 6.92. The minimum Gasteiger partial charge on any atom is -0.369 e. The smallest absolute Gasteiger partial charge is 0.221 e. The van der Waals surface area contributed by atoms with E-state index in [2.05, 4.69) is 10.2 Å². The number of primary amides is 1. The Morgan fingerprint density at radius 2 is 2.12 bits per heavy atom. The molecule has 98 valence electrons. The number of nitrogens with two attached hydrogens (primary N) is 1. The van der Waals surface area contributed by atoms with E-state index in [1.54, 1.807) is 0 Å². The lowest BCUT2D eigenvalue weighted by Gasteiger charge is -2.35. The first kappa shape index (κ1) is 12.8. The molecule has 0 saturated carbocycles. The minimum atomic E-state index is -0.176. The van der Waals surface area contributed by atoms with E-state index in [0.717, 1.165) is 31.6 Å². The molecule has 0 bridgehead atoms. The molecule has 2 unspecified atom stereocenters. The van der Waals surface area contributed by atoms with Crippen LogP contribution in [0.4, 0.5) is 0 Å². The Balaban J connectivity index is 1.72. The molecule has 0 aromatic heterocycles. The summed E-state index contributed by atoms with van der Waals surface area (Å²) in [5.74, 6) is 0.651. The van der Waals surface area contributed by atoms with Gasteiger partial charge in [-0.2, -0.15) is 0 Å². The molecular formula is C13H25N3O. The van der Waals surface area contributed by atoms with E-state index < -0.39 is 0 Å². The maximum absolute atomic E-state index is 11.0. The number of likely N-dealkylation sites (tertiary alicyclic amines) is 1. The minimum absolute atomic E-state index is 0.0174. The van der Waals surface area contributed by atoms with Crippen molar-refractivity contribution < 1.29 is 4.79 Å². The largest absolute Gasteiger partial charge is 0.369 e. The summed E-state index contributed by atoms with van der Waals surface area (Å²) < 4.78 is 0. The van der Waals surface area contributed by atoms with E-state index in [0.29, 0.717) is 0 Å². The van der Waals surface area contributed by atoms with Crippen LogP contribution in [0.25, 0.3) is 0 Å². The van der Waals surface area contributed by atoms with Crippen LogP contribution in [0.2, 0.25) is 0 Å². The van der Waals surface area contributed by atoms with Gasteiger partial charge in [0.25, 0.3) is 0 Å². The van der Waals surface area contributed by atoms with Crippen molar-refractivity contribution in [2.45, 2.75) is 38.6 Å². The Hall–Kier alpha value is -0.610. The average molecular weight is 239 g/mol. The van der Waals surface area contributed by atoms with Crippen LogP contribution in [0.3, 0.4) is 0 Å². The topological polar surface area (TPSA) is 58.4 Å². The molecule has 3 N–H and O–H groups in total. The van der Waals surface area contributed by atoms with Crippen molar-refractivity contribution in [2.24, 2.45) is 17.6 Å². The van der Waals surface area contributed by atoms with Gasteiger partial charge in [0.05, 0.1) is 0 Å². The van der Waals surface area contributed by atoms with Gasteiger partial charge in [-0.3, -0.25) is 4.79 Å². The van der Waals surface area contributed by atoms with Gasteiger partial charge < -0.3 is 16.0 Å². The second-order valence-electron chi connectivity index (χ2n) is 5.64. The third-order valence-corrected chi connectivity index (χ3v) is 4.32. The number of carbonyl (C=O) groups is 1. The summed E-state index contributed by atoms with van der Waals surface area (Å²) in [7, 11) is 0. The van der Waals surface area contributed by atoms with Crippen molar-refractivity contribution in [1.82, 2.24) is 10.2 Å². The van der Waals surface area contributed by atoms with Crippen LogP contribution in [0.5, 0.6) is 0 Å². The summed E-state index contributed by atoms with van der Waals surface area (Å²) >= 11 is 0. The van der Waals surface area contributed by atoms with Gasteiger partial charge in [0.15, 0.2) is 0 Å². The standard InChI is InChI=1S/C13H25N3O/c1-10(13(14)17)9-16-7-4-11(5-8-16)12-3-2-6-15-12/h10-12,15H,2-9H2,1H3,(H2,14,17). The summed E-state index contributed by atoms with van der Waals surface area (Å²) in [5.41, 5.74) is 5.30. The van der Waals surface area contributed by atoms with Crippen molar-refractivity contribution >= 4 is 5.91 Å². The Kier molecular flexibility index (Phi) is 4.40. The highest BCUT2D eigenvalue weighted by molar-refractivity contribution is 5.76. The predicted molar refractivity (Wildman–Crippen MR) is 68.5 cm³/mol. The van der Waals surface area contributed by atoms with Crippen molar-refractivity contribution in [3.8, 4) is 0 Å². The average Bonchev–Trinajstić information content (AvgIpc) is 2.83. The van der Waals surface area contributed by atoms with Crippen LogP contribution in [0.1, 0.15) is 32.6 Å². The van der Waals surface area contributed by atoms with Gasteiger partial charge in [-0.05, 0) is 51.2 Å². The molecule has 2 rings (SSSR count). The highest BCUT2D eigenvalue weighted by Gasteiger charge is 2.28. The zero-order valence-corrected chi connectivity index (χ0v) is 10.8. The second kappa shape index (κ2) is 5.83. The lowest BCUT2D eigenvalue weighted by molar-refractivity contribution is -0.122. The summed E-state index contributed by atoms with van der Waals surface area (Å²) in [6, 6.07) is 0.755. The quantitative estimate of drug-likeness (QED) is 0.754. The zero-order valence-electron chi connectivity index (χ0n) is 10.8. The maximum Gasteiger partial charge on any atom is 0.221 e. The molecule has 0 radical (unpaired) electrons. The first-order valence-corrected chi connectivity index (χ1v) is 6.92. The number of amides is 1. The van der Waals surface area contributed by atoms with E-state index in [-0.39, 0.29) is 11.8 Å². The number of hydrogen-bond donors (Lipinski definition) is 2. The molecular weight excluding hydrogens is 214 g/mol. The van der Waals surface area contributed by atoms with Gasteiger partial charge in [-0.1, -0.05) is 6.92 Å². The molecule has 2 atom stereocenters. The van der Waals surface area contributed by atoms with Gasteiger partial charge in [-0.15, -0.1) is 0 Å². The molecule has 0 spiro atoms. The Morgan fingerprint density at radius 1 is 1.41 bits per heavy atom. The number of nitrogens with zero attached hydrogens (tertiary/aromatic N) is 1.